The first-order valence-electron chi connectivity index (χ1n) is 7.00. The fourth-order valence-corrected chi connectivity index (χ4v) is 2.35. The summed E-state index contributed by atoms with van der Waals surface area (Å²) in [5.41, 5.74) is -1.74. The minimum Gasteiger partial charge on any atom is -0.401 e. The third-order valence-electron chi connectivity index (χ3n) is 4.41. The van der Waals surface area contributed by atoms with E-state index in [1.54, 1.807) is 6.08 Å². The lowest BCUT2D eigenvalue weighted by molar-refractivity contribution is -0.137. The smallest absolute Gasteiger partial charge is 0.401 e. The molecule has 0 aromatic heterocycles. The Kier molecular flexibility index (Phi) is 3.24. The van der Waals surface area contributed by atoms with Crippen LogP contribution in [0.25, 0.3) is 6.08 Å². The molecule has 1 aromatic rings. The molecule has 7 heteroatoms. The molecule has 22 heavy (non-hydrogen) atoms. The van der Waals surface area contributed by atoms with Gasteiger partial charge in [0, 0.05) is 0 Å². The van der Waals surface area contributed by atoms with Crippen molar-refractivity contribution < 1.29 is 22.5 Å². The van der Waals surface area contributed by atoms with Crippen molar-refractivity contribution in [3.8, 4) is 0 Å². The van der Waals surface area contributed by atoms with Gasteiger partial charge in [-0.25, -0.2) is 0 Å². The molecule has 117 valence electrons. The van der Waals surface area contributed by atoms with Gasteiger partial charge in [-0.1, -0.05) is 6.07 Å². The second kappa shape index (κ2) is 4.58. The highest BCUT2D eigenvalue weighted by molar-refractivity contribution is 6.55. The van der Waals surface area contributed by atoms with Gasteiger partial charge in [-0.15, -0.1) is 0 Å². The first-order valence-corrected chi connectivity index (χ1v) is 7.00. The number of halogens is 3. The summed E-state index contributed by atoms with van der Waals surface area (Å²) in [5.74, 6) is 0.493. The molecule has 2 aliphatic heterocycles. The Balaban J connectivity index is 1.92. The van der Waals surface area contributed by atoms with Gasteiger partial charge in [-0.05, 0) is 51.1 Å². The summed E-state index contributed by atoms with van der Waals surface area (Å²) in [6.45, 7) is 7.66. The standard InChI is InChI=1S/C15H16BF3NO2/c1-13(2)14(3,4)22-16(21-13)12-7-9-5-6-10(15(17,18)19)8-11(9)20-12/h5-8H,1-4H3. The van der Waals surface area contributed by atoms with E-state index in [1.165, 1.54) is 6.07 Å². The highest BCUT2D eigenvalue weighted by atomic mass is 19.4. The van der Waals surface area contributed by atoms with Crippen LogP contribution in [0.3, 0.4) is 0 Å². The van der Waals surface area contributed by atoms with Crippen LogP contribution in [0.5, 0.6) is 0 Å². The summed E-state index contributed by atoms with van der Waals surface area (Å²) in [6.07, 6.45) is -2.67. The Hall–Kier alpha value is -1.34. The molecule has 0 aliphatic carbocycles. The van der Waals surface area contributed by atoms with Gasteiger partial charge in [0.05, 0.1) is 22.1 Å². The van der Waals surface area contributed by atoms with Crippen LogP contribution >= 0.6 is 0 Å². The first-order chi connectivity index (χ1) is 9.99. The van der Waals surface area contributed by atoms with E-state index in [-0.39, 0.29) is 0 Å². The molecule has 1 saturated heterocycles. The summed E-state index contributed by atoms with van der Waals surface area (Å²) in [6, 6.07) is 3.52. The van der Waals surface area contributed by atoms with Crippen LogP contribution in [-0.2, 0) is 15.5 Å². The maximum atomic E-state index is 12.7. The van der Waals surface area contributed by atoms with Crippen molar-refractivity contribution >= 4 is 13.2 Å². The number of alkyl halides is 3. The Bertz CT molecular complexity index is 711. The van der Waals surface area contributed by atoms with Crippen LogP contribution in [0, 0.1) is 5.94 Å². The SMILES string of the molecule is CC1(C)OB([C]2C=c3ccc(C(F)(F)F)cc3=N2)OC1(C)C. The lowest BCUT2D eigenvalue weighted by Gasteiger charge is -2.32. The second-order valence-corrected chi connectivity index (χ2v) is 6.54. The molecule has 1 aromatic carbocycles. The van der Waals surface area contributed by atoms with Crippen LogP contribution < -0.4 is 10.6 Å². The number of fused-ring (bicyclic) bond motifs is 1. The van der Waals surface area contributed by atoms with Gasteiger partial charge in [0.2, 0.25) is 0 Å². The van der Waals surface area contributed by atoms with Gasteiger partial charge in [0.1, 0.15) is 5.94 Å². The number of hydrogen-bond acceptors (Lipinski definition) is 3. The molecule has 0 N–H and O–H groups in total. The normalized spacial score (nSPS) is 23.1. The molecule has 3 rings (SSSR count). The predicted molar refractivity (Wildman–Crippen MR) is 76.0 cm³/mol. The minimum atomic E-state index is -4.38. The Morgan fingerprint density at radius 1 is 1.05 bits per heavy atom. The van der Waals surface area contributed by atoms with E-state index in [1.807, 2.05) is 27.7 Å². The number of nitrogens with zero attached hydrogens (tertiary/aromatic N) is 1. The van der Waals surface area contributed by atoms with Crippen molar-refractivity contribution in [2.45, 2.75) is 45.1 Å². The third-order valence-corrected chi connectivity index (χ3v) is 4.41. The molecule has 1 fully saturated rings. The third kappa shape index (κ3) is 2.46. The van der Waals surface area contributed by atoms with Gasteiger partial charge in [-0.3, -0.25) is 4.99 Å². The van der Waals surface area contributed by atoms with Gasteiger partial charge in [-0.2, -0.15) is 13.2 Å². The fraction of sp³-hybridized carbons (Fsp3) is 0.467. The Morgan fingerprint density at radius 2 is 1.64 bits per heavy atom. The molecular formula is C15H16BF3NO2. The topological polar surface area (TPSA) is 30.8 Å². The van der Waals surface area contributed by atoms with Crippen LogP contribution in [0.1, 0.15) is 33.3 Å². The highest BCUT2D eigenvalue weighted by Gasteiger charge is 2.54. The molecule has 0 unspecified atom stereocenters. The van der Waals surface area contributed by atoms with E-state index in [2.05, 4.69) is 4.99 Å². The maximum absolute atomic E-state index is 12.7. The molecule has 3 nitrogen and oxygen atoms in total. The molecule has 0 saturated carbocycles. The predicted octanol–water partition coefficient (Wildman–Crippen LogP) is 2.28. The van der Waals surface area contributed by atoms with Crippen LogP contribution in [0.15, 0.2) is 23.2 Å². The quantitative estimate of drug-likeness (QED) is 0.745. The molecule has 2 aliphatic rings. The van der Waals surface area contributed by atoms with Gasteiger partial charge < -0.3 is 9.31 Å². The minimum absolute atomic E-state index is 0.291. The fourth-order valence-electron chi connectivity index (χ4n) is 2.35. The lowest BCUT2D eigenvalue weighted by atomic mass is 9.79. The van der Waals surface area contributed by atoms with Crippen LogP contribution in [0.2, 0.25) is 0 Å². The molecule has 0 bridgehead atoms. The van der Waals surface area contributed by atoms with Crippen molar-refractivity contribution in [3.63, 3.8) is 0 Å². The summed E-state index contributed by atoms with van der Waals surface area (Å²) in [7, 11) is -0.674. The van der Waals surface area contributed by atoms with Crippen molar-refractivity contribution in [2.75, 3.05) is 0 Å². The monoisotopic (exact) mass is 310 g/mol. The van der Waals surface area contributed by atoms with Crippen molar-refractivity contribution in [1.82, 2.24) is 0 Å². The van der Waals surface area contributed by atoms with Crippen molar-refractivity contribution in [2.24, 2.45) is 4.99 Å². The Morgan fingerprint density at radius 3 is 2.18 bits per heavy atom. The summed E-state index contributed by atoms with van der Waals surface area (Å²) >= 11 is 0. The number of hydrogen-bond donors (Lipinski definition) is 0. The van der Waals surface area contributed by atoms with E-state index in [0.717, 1.165) is 12.1 Å². The largest absolute Gasteiger partial charge is 0.494 e. The first kappa shape index (κ1) is 15.6. The molecule has 0 atom stereocenters. The molecule has 2 heterocycles. The molecule has 1 radical (unpaired) electrons. The van der Waals surface area contributed by atoms with Crippen LogP contribution in [-0.4, -0.2) is 18.3 Å². The Labute approximate surface area is 127 Å². The van der Waals surface area contributed by atoms with Gasteiger partial charge >= 0.3 is 13.3 Å². The van der Waals surface area contributed by atoms with E-state index >= 15 is 0 Å². The average Bonchev–Trinajstić information content (AvgIpc) is 2.86. The number of benzene rings is 1. The number of rotatable bonds is 1. The van der Waals surface area contributed by atoms with Crippen LogP contribution in [0.4, 0.5) is 13.2 Å². The van der Waals surface area contributed by atoms with Crippen molar-refractivity contribution in [1.29, 1.82) is 0 Å². The van der Waals surface area contributed by atoms with E-state index in [9.17, 15) is 13.2 Å². The zero-order valence-electron chi connectivity index (χ0n) is 12.8. The van der Waals surface area contributed by atoms with E-state index in [4.69, 9.17) is 9.31 Å². The van der Waals surface area contributed by atoms with Gasteiger partial charge in [0.25, 0.3) is 0 Å². The molecule has 0 amide bonds. The average molecular weight is 310 g/mol. The van der Waals surface area contributed by atoms with E-state index in [0.29, 0.717) is 16.5 Å². The summed E-state index contributed by atoms with van der Waals surface area (Å²) in [4.78, 5) is 4.25. The molecule has 0 spiro atoms. The zero-order chi connectivity index (χ0) is 16.3. The highest BCUT2D eigenvalue weighted by Crippen LogP contribution is 2.39. The second-order valence-electron chi connectivity index (χ2n) is 6.54. The zero-order valence-corrected chi connectivity index (χ0v) is 12.8. The van der Waals surface area contributed by atoms with Crippen molar-refractivity contribution in [3.05, 3.63) is 40.3 Å². The maximum Gasteiger partial charge on any atom is 0.494 e. The van der Waals surface area contributed by atoms with E-state index < -0.39 is 30.1 Å². The summed E-state index contributed by atoms with van der Waals surface area (Å²) in [5, 5.41) is 0.928. The lowest BCUT2D eigenvalue weighted by Crippen LogP contribution is -2.41. The summed E-state index contributed by atoms with van der Waals surface area (Å²) < 4.78 is 50.0. The van der Waals surface area contributed by atoms with Gasteiger partial charge in [0.15, 0.2) is 0 Å². The molecular weight excluding hydrogens is 294 g/mol.